The van der Waals surface area contributed by atoms with Gasteiger partial charge in [0.15, 0.2) is 0 Å². The van der Waals surface area contributed by atoms with Gasteiger partial charge in [-0.25, -0.2) is 0 Å². The van der Waals surface area contributed by atoms with E-state index < -0.39 is 5.60 Å². The van der Waals surface area contributed by atoms with Gasteiger partial charge in [-0.1, -0.05) is 6.92 Å². The van der Waals surface area contributed by atoms with Crippen LogP contribution in [0, 0.1) is 13.8 Å². The molecular formula is C19H26N2O. The molecule has 118 valence electrons. The highest BCUT2D eigenvalue weighted by atomic mass is 16.3. The summed E-state index contributed by atoms with van der Waals surface area (Å²) in [7, 11) is 0. The molecule has 0 bridgehead atoms. The van der Waals surface area contributed by atoms with E-state index in [0.717, 1.165) is 48.2 Å². The molecule has 0 radical (unpaired) electrons. The Balaban J connectivity index is 2.35. The molecular weight excluding hydrogens is 272 g/mol. The average Bonchev–Trinajstić information content (AvgIpc) is 2.44. The van der Waals surface area contributed by atoms with Crippen LogP contribution >= 0.6 is 0 Å². The SMILES string of the molecule is CCN1CCc2nc3cc(C)c(C)cc3c(C(C)(C)O)c2C1. The van der Waals surface area contributed by atoms with Gasteiger partial charge in [-0.15, -0.1) is 0 Å². The highest BCUT2D eigenvalue weighted by Crippen LogP contribution is 2.36. The number of fused-ring (bicyclic) bond motifs is 2. The first-order valence-electron chi connectivity index (χ1n) is 8.19. The molecule has 3 rings (SSSR count). The number of hydrogen-bond acceptors (Lipinski definition) is 3. The zero-order valence-corrected chi connectivity index (χ0v) is 14.3. The standard InChI is InChI=1S/C19H26N2O/c1-6-21-8-7-16-15(11-21)18(19(4,5)22)14-9-12(2)13(3)10-17(14)20-16/h9-10,22H,6-8,11H2,1-5H3. The van der Waals surface area contributed by atoms with E-state index in [1.165, 1.54) is 16.7 Å². The number of likely N-dealkylation sites (N-methyl/N-ethyl adjacent to an activating group) is 1. The molecule has 0 aliphatic carbocycles. The lowest BCUT2D eigenvalue weighted by atomic mass is 9.85. The minimum Gasteiger partial charge on any atom is -0.386 e. The number of rotatable bonds is 2. The van der Waals surface area contributed by atoms with E-state index >= 15 is 0 Å². The van der Waals surface area contributed by atoms with Crippen LogP contribution in [-0.4, -0.2) is 28.1 Å². The van der Waals surface area contributed by atoms with Crippen molar-refractivity contribution < 1.29 is 5.11 Å². The maximum Gasteiger partial charge on any atom is 0.0850 e. The van der Waals surface area contributed by atoms with Crippen LogP contribution in [0.3, 0.4) is 0 Å². The summed E-state index contributed by atoms with van der Waals surface area (Å²) < 4.78 is 0. The summed E-state index contributed by atoms with van der Waals surface area (Å²) >= 11 is 0. The van der Waals surface area contributed by atoms with Crippen LogP contribution in [0.2, 0.25) is 0 Å². The molecule has 0 fully saturated rings. The van der Waals surface area contributed by atoms with Crippen molar-refractivity contribution in [2.75, 3.05) is 13.1 Å². The molecule has 1 aliphatic rings. The first-order valence-corrected chi connectivity index (χ1v) is 8.19. The van der Waals surface area contributed by atoms with Crippen LogP contribution in [-0.2, 0) is 18.6 Å². The van der Waals surface area contributed by atoms with Gasteiger partial charge in [-0.3, -0.25) is 9.88 Å². The maximum absolute atomic E-state index is 10.8. The quantitative estimate of drug-likeness (QED) is 0.922. The van der Waals surface area contributed by atoms with Gasteiger partial charge >= 0.3 is 0 Å². The molecule has 1 aromatic carbocycles. The number of benzene rings is 1. The normalized spacial score (nSPS) is 16.1. The summed E-state index contributed by atoms with van der Waals surface area (Å²) in [6.07, 6.45) is 0.967. The van der Waals surface area contributed by atoms with Crippen molar-refractivity contribution in [1.82, 2.24) is 9.88 Å². The number of hydrogen-bond donors (Lipinski definition) is 1. The summed E-state index contributed by atoms with van der Waals surface area (Å²) in [5.41, 5.74) is 6.13. The molecule has 0 saturated heterocycles. The van der Waals surface area contributed by atoms with Crippen molar-refractivity contribution in [3.63, 3.8) is 0 Å². The Hall–Kier alpha value is -1.45. The minimum absolute atomic E-state index is 0.857. The molecule has 1 aromatic heterocycles. The topological polar surface area (TPSA) is 36.4 Å². The van der Waals surface area contributed by atoms with Gasteiger partial charge < -0.3 is 5.11 Å². The van der Waals surface area contributed by atoms with Gasteiger partial charge in [0.2, 0.25) is 0 Å². The first kappa shape index (κ1) is 15.4. The second-order valence-corrected chi connectivity index (χ2v) is 7.04. The Morgan fingerprint density at radius 1 is 1.23 bits per heavy atom. The highest BCUT2D eigenvalue weighted by molar-refractivity contribution is 5.86. The van der Waals surface area contributed by atoms with E-state index in [0.29, 0.717) is 0 Å². The van der Waals surface area contributed by atoms with Crippen molar-refractivity contribution in [2.24, 2.45) is 0 Å². The molecule has 22 heavy (non-hydrogen) atoms. The van der Waals surface area contributed by atoms with E-state index in [1.807, 2.05) is 13.8 Å². The Kier molecular flexibility index (Phi) is 3.74. The zero-order chi connectivity index (χ0) is 16.1. The molecule has 1 N–H and O–H groups in total. The van der Waals surface area contributed by atoms with Crippen molar-refractivity contribution in [1.29, 1.82) is 0 Å². The molecule has 0 saturated carbocycles. The minimum atomic E-state index is -0.857. The summed E-state index contributed by atoms with van der Waals surface area (Å²) in [6.45, 7) is 13.2. The molecule has 0 atom stereocenters. The second-order valence-electron chi connectivity index (χ2n) is 7.04. The Labute approximate surface area is 133 Å². The van der Waals surface area contributed by atoms with E-state index in [9.17, 15) is 5.11 Å². The third kappa shape index (κ3) is 2.53. The van der Waals surface area contributed by atoms with Crippen molar-refractivity contribution in [3.8, 4) is 0 Å². The maximum atomic E-state index is 10.8. The molecule has 0 unspecified atom stereocenters. The molecule has 2 aromatic rings. The summed E-state index contributed by atoms with van der Waals surface area (Å²) in [5, 5.41) is 11.9. The molecule has 2 heterocycles. The number of pyridine rings is 1. The monoisotopic (exact) mass is 298 g/mol. The summed E-state index contributed by atoms with van der Waals surface area (Å²) in [6, 6.07) is 4.35. The average molecular weight is 298 g/mol. The number of nitrogens with zero attached hydrogens (tertiary/aromatic N) is 2. The molecule has 3 nitrogen and oxygen atoms in total. The molecule has 0 amide bonds. The number of aliphatic hydroxyl groups is 1. The molecule has 3 heteroatoms. The fourth-order valence-electron chi connectivity index (χ4n) is 3.53. The van der Waals surface area contributed by atoms with E-state index in [1.54, 1.807) is 0 Å². The van der Waals surface area contributed by atoms with E-state index in [-0.39, 0.29) is 0 Å². The number of aryl methyl sites for hydroxylation is 2. The Morgan fingerprint density at radius 2 is 1.91 bits per heavy atom. The van der Waals surface area contributed by atoms with Crippen LogP contribution in [0.15, 0.2) is 12.1 Å². The lowest BCUT2D eigenvalue weighted by molar-refractivity contribution is 0.0775. The van der Waals surface area contributed by atoms with Crippen LogP contribution in [0.25, 0.3) is 10.9 Å². The third-order valence-electron chi connectivity index (χ3n) is 4.89. The van der Waals surface area contributed by atoms with Gasteiger partial charge in [-0.05, 0) is 68.6 Å². The van der Waals surface area contributed by atoms with Crippen LogP contribution in [0.1, 0.15) is 48.7 Å². The fourth-order valence-corrected chi connectivity index (χ4v) is 3.53. The van der Waals surface area contributed by atoms with E-state index in [2.05, 4.69) is 37.8 Å². The van der Waals surface area contributed by atoms with Crippen LogP contribution in [0.5, 0.6) is 0 Å². The van der Waals surface area contributed by atoms with Crippen molar-refractivity contribution >= 4 is 10.9 Å². The van der Waals surface area contributed by atoms with Crippen LogP contribution < -0.4 is 0 Å². The lowest BCUT2D eigenvalue weighted by Gasteiger charge is -2.33. The largest absolute Gasteiger partial charge is 0.386 e. The predicted octanol–water partition coefficient (Wildman–Crippen LogP) is 3.46. The number of aromatic nitrogens is 1. The van der Waals surface area contributed by atoms with E-state index in [4.69, 9.17) is 4.98 Å². The van der Waals surface area contributed by atoms with Crippen molar-refractivity contribution in [2.45, 2.75) is 53.2 Å². The Bertz CT molecular complexity index is 729. The Morgan fingerprint density at radius 3 is 2.55 bits per heavy atom. The van der Waals surface area contributed by atoms with Gasteiger partial charge in [0, 0.05) is 30.6 Å². The van der Waals surface area contributed by atoms with Gasteiger partial charge in [0.25, 0.3) is 0 Å². The van der Waals surface area contributed by atoms with Crippen LogP contribution in [0.4, 0.5) is 0 Å². The molecule has 1 aliphatic heterocycles. The summed E-state index contributed by atoms with van der Waals surface area (Å²) in [4.78, 5) is 7.35. The third-order valence-corrected chi connectivity index (χ3v) is 4.89. The predicted molar refractivity (Wildman–Crippen MR) is 91.1 cm³/mol. The van der Waals surface area contributed by atoms with Gasteiger partial charge in [0.1, 0.15) is 0 Å². The second kappa shape index (κ2) is 5.32. The van der Waals surface area contributed by atoms with Gasteiger partial charge in [-0.2, -0.15) is 0 Å². The zero-order valence-electron chi connectivity index (χ0n) is 14.3. The first-order chi connectivity index (χ1) is 10.3. The summed E-state index contributed by atoms with van der Waals surface area (Å²) in [5.74, 6) is 0. The van der Waals surface area contributed by atoms with Gasteiger partial charge in [0.05, 0.1) is 11.1 Å². The fraction of sp³-hybridized carbons (Fsp3) is 0.526. The lowest BCUT2D eigenvalue weighted by Crippen LogP contribution is -2.33. The van der Waals surface area contributed by atoms with Crippen molar-refractivity contribution in [3.05, 3.63) is 40.1 Å². The highest BCUT2D eigenvalue weighted by Gasteiger charge is 2.29. The smallest absolute Gasteiger partial charge is 0.0850 e. The molecule has 0 spiro atoms.